The van der Waals surface area contributed by atoms with Gasteiger partial charge < -0.3 is 15.2 Å². The van der Waals surface area contributed by atoms with Crippen LogP contribution in [0.2, 0.25) is 0 Å². The zero-order chi connectivity index (χ0) is 11.5. The molecule has 4 heteroatoms. The Morgan fingerprint density at radius 2 is 2.13 bits per heavy atom. The minimum atomic E-state index is 0.176. The first-order valence-electron chi connectivity index (χ1n) is 5.30. The molecule has 0 aromatic carbocycles. The fraction of sp³-hybridized carbons (Fsp3) is 0.727. The van der Waals surface area contributed by atoms with Crippen LogP contribution in [0, 0.1) is 6.92 Å². The molecule has 0 aliphatic rings. The molecule has 15 heavy (non-hydrogen) atoms. The highest BCUT2D eigenvalue weighted by atomic mass is 15.2. The van der Waals surface area contributed by atoms with Gasteiger partial charge in [0.05, 0.1) is 0 Å². The number of aromatic amines is 1. The normalized spacial score (nSPS) is 12.4. The summed E-state index contributed by atoms with van der Waals surface area (Å²) in [4.78, 5) is 9.59. The first-order chi connectivity index (χ1) is 6.92. The number of imidazole rings is 1. The Balaban J connectivity index is 2.33. The van der Waals surface area contributed by atoms with Gasteiger partial charge in [0.25, 0.3) is 0 Å². The molecule has 0 saturated carbocycles. The maximum absolute atomic E-state index is 4.16. The van der Waals surface area contributed by atoms with E-state index < -0.39 is 0 Å². The quantitative estimate of drug-likeness (QED) is 0.766. The van der Waals surface area contributed by atoms with Crippen molar-refractivity contribution < 1.29 is 0 Å². The Morgan fingerprint density at radius 1 is 1.47 bits per heavy atom. The molecule has 1 aromatic heterocycles. The summed E-state index contributed by atoms with van der Waals surface area (Å²) in [7, 11) is 4.20. The molecule has 0 bridgehead atoms. The Kier molecular flexibility index (Phi) is 3.88. The molecule has 0 aliphatic heterocycles. The summed E-state index contributed by atoms with van der Waals surface area (Å²) in [5.41, 5.74) is 1.32. The lowest BCUT2D eigenvalue weighted by molar-refractivity contribution is 0.189. The average molecular weight is 210 g/mol. The number of aromatic nitrogens is 2. The molecule has 0 aliphatic carbocycles. The lowest BCUT2D eigenvalue weighted by Crippen LogP contribution is -2.46. The molecule has 0 amide bonds. The molecular formula is C11H22N4. The van der Waals surface area contributed by atoms with Crippen LogP contribution < -0.4 is 5.32 Å². The first-order valence-corrected chi connectivity index (χ1v) is 5.30. The van der Waals surface area contributed by atoms with Gasteiger partial charge in [0.15, 0.2) is 0 Å². The van der Waals surface area contributed by atoms with Crippen molar-refractivity contribution in [2.45, 2.75) is 32.9 Å². The molecule has 86 valence electrons. The summed E-state index contributed by atoms with van der Waals surface area (Å²) in [5.74, 6) is 0.971. The molecule has 0 fully saturated rings. The second kappa shape index (κ2) is 4.77. The third-order valence-corrected chi connectivity index (χ3v) is 2.84. The number of hydrogen-bond acceptors (Lipinski definition) is 3. The van der Waals surface area contributed by atoms with Crippen LogP contribution >= 0.6 is 0 Å². The summed E-state index contributed by atoms with van der Waals surface area (Å²) >= 11 is 0. The Morgan fingerprint density at radius 3 is 2.60 bits per heavy atom. The summed E-state index contributed by atoms with van der Waals surface area (Å²) in [6.45, 7) is 8.21. The van der Waals surface area contributed by atoms with Gasteiger partial charge >= 0.3 is 0 Å². The number of aryl methyl sites for hydroxylation is 1. The summed E-state index contributed by atoms with van der Waals surface area (Å²) in [5, 5.41) is 3.42. The smallest absolute Gasteiger partial charge is 0.103 e. The zero-order valence-electron chi connectivity index (χ0n) is 10.4. The van der Waals surface area contributed by atoms with Crippen LogP contribution in [0.1, 0.15) is 25.4 Å². The second-order valence-electron chi connectivity index (χ2n) is 4.80. The van der Waals surface area contributed by atoms with Crippen molar-refractivity contribution in [3.63, 3.8) is 0 Å². The molecule has 0 saturated heterocycles. The van der Waals surface area contributed by atoms with Crippen LogP contribution in [-0.2, 0) is 6.54 Å². The van der Waals surface area contributed by atoms with Gasteiger partial charge in [0.1, 0.15) is 5.82 Å². The van der Waals surface area contributed by atoms with E-state index in [0.717, 1.165) is 24.6 Å². The van der Waals surface area contributed by atoms with Crippen molar-refractivity contribution in [3.05, 3.63) is 17.7 Å². The summed E-state index contributed by atoms with van der Waals surface area (Å²) < 4.78 is 0. The highest BCUT2D eigenvalue weighted by Crippen LogP contribution is 2.08. The lowest BCUT2D eigenvalue weighted by Gasteiger charge is -2.32. The molecule has 1 rings (SSSR count). The van der Waals surface area contributed by atoms with Gasteiger partial charge in [-0.15, -0.1) is 0 Å². The van der Waals surface area contributed by atoms with E-state index in [4.69, 9.17) is 0 Å². The predicted molar refractivity (Wildman–Crippen MR) is 62.8 cm³/mol. The zero-order valence-corrected chi connectivity index (χ0v) is 10.4. The summed E-state index contributed by atoms with van der Waals surface area (Å²) in [6.07, 6.45) is 1.88. The average Bonchev–Trinajstić information content (AvgIpc) is 2.51. The minimum Gasteiger partial charge on any atom is -0.345 e. The number of H-pyrrole nitrogens is 1. The second-order valence-corrected chi connectivity index (χ2v) is 4.80. The van der Waals surface area contributed by atoms with Crippen molar-refractivity contribution >= 4 is 0 Å². The Hall–Kier alpha value is -0.870. The third kappa shape index (κ3) is 3.64. The molecule has 0 spiro atoms. The minimum absolute atomic E-state index is 0.176. The number of nitrogens with zero attached hydrogens (tertiary/aromatic N) is 2. The van der Waals surface area contributed by atoms with E-state index in [1.165, 1.54) is 0 Å². The van der Waals surface area contributed by atoms with Crippen molar-refractivity contribution in [1.82, 2.24) is 20.2 Å². The molecule has 1 heterocycles. The van der Waals surface area contributed by atoms with Gasteiger partial charge in [-0.2, -0.15) is 0 Å². The third-order valence-electron chi connectivity index (χ3n) is 2.84. The fourth-order valence-electron chi connectivity index (χ4n) is 1.22. The standard InChI is InChI=1S/C11H22N4/c1-9-13-7-10(14-9)6-12-8-11(2,3)15(4)5/h7,12H,6,8H2,1-5H3,(H,13,14). The van der Waals surface area contributed by atoms with Crippen molar-refractivity contribution in [2.24, 2.45) is 0 Å². The van der Waals surface area contributed by atoms with Gasteiger partial charge in [0, 0.05) is 30.5 Å². The van der Waals surface area contributed by atoms with Crippen LogP contribution in [0.5, 0.6) is 0 Å². The Bertz CT molecular complexity index is 301. The van der Waals surface area contributed by atoms with Crippen molar-refractivity contribution in [2.75, 3.05) is 20.6 Å². The largest absolute Gasteiger partial charge is 0.345 e. The fourth-order valence-corrected chi connectivity index (χ4v) is 1.22. The van der Waals surface area contributed by atoms with Crippen LogP contribution in [0.25, 0.3) is 0 Å². The van der Waals surface area contributed by atoms with Gasteiger partial charge in [0.2, 0.25) is 0 Å². The number of likely N-dealkylation sites (N-methyl/N-ethyl adjacent to an activating group) is 1. The van der Waals surface area contributed by atoms with E-state index >= 15 is 0 Å². The van der Waals surface area contributed by atoms with Crippen molar-refractivity contribution in [3.8, 4) is 0 Å². The van der Waals surface area contributed by atoms with E-state index in [2.05, 4.69) is 48.1 Å². The molecule has 4 nitrogen and oxygen atoms in total. The Labute approximate surface area is 92.1 Å². The molecule has 2 N–H and O–H groups in total. The van der Waals surface area contributed by atoms with Gasteiger partial charge in [-0.3, -0.25) is 0 Å². The SMILES string of the molecule is Cc1ncc(CNCC(C)(C)N(C)C)[nH]1. The highest BCUT2D eigenvalue weighted by Gasteiger charge is 2.19. The van der Waals surface area contributed by atoms with Crippen LogP contribution in [0.4, 0.5) is 0 Å². The molecule has 0 radical (unpaired) electrons. The van der Waals surface area contributed by atoms with Crippen LogP contribution in [0.15, 0.2) is 6.20 Å². The topological polar surface area (TPSA) is 44.0 Å². The number of hydrogen-bond donors (Lipinski definition) is 2. The maximum atomic E-state index is 4.16. The van der Waals surface area contributed by atoms with Gasteiger partial charge in [-0.05, 0) is 34.9 Å². The molecule has 0 unspecified atom stereocenters. The predicted octanol–water partition coefficient (Wildman–Crippen LogP) is 1.15. The highest BCUT2D eigenvalue weighted by molar-refractivity contribution is 4.99. The number of nitrogens with one attached hydrogen (secondary N) is 2. The molecular weight excluding hydrogens is 188 g/mol. The van der Waals surface area contributed by atoms with E-state index in [0.29, 0.717) is 0 Å². The molecule has 0 atom stereocenters. The maximum Gasteiger partial charge on any atom is 0.103 e. The van der Waals surface area contributed by atoms with E-state index in [1.54, 1.807) is 0 Å². The van der Waals surface area contributed by atoms with E-state index in [-0.39, 0.29) is 5.54 Å². The lowest BCUT2D eigenvalue weighted by atomic mass is 10.0. The van der Waals surface area contributed by atoms with Crippen LogP contribution in [-0.4, -0.2) is 41.0 Å². The van der Waals surface area contributed by atoms with E-state index in [9.17, 15) is 0 Å². The molecule has 1 aromatic rings. The monoisotopic (exact) mass is 210 g/mol. The first kappa shape index (κ1) is 12.2. The summed E-state index contributed by atoms with van der Waals surface area (Å²) in [6, 6.07) is 0. The number of rotatable bonds is 5. The van der Waals surface area contributed by atoms with Gasteiger partial charge in [-0.25, -0.2) is 4.98 Å². The van der Waals surface area contributed by atoms with Crippen LogP contribution in [0.3, 0.4) is 0 Å². The van der Waals surface area contributed by atoms with Gasteiger partial charge in [-0.1, -0.05) is 0 Å². The van der Waals surface area contributed by atoms with Crippen molar-refractivity contribution in [1.29, 1.82) is 0 Å². The van der Waals surface area contributed by atoms with E-state index in [1.807, 2.05) is 13.1 Å².